The van der Waals surface area contributed by atoms with Gasteiger partial charge < -0.3 is 5.32 Å². The zero-order valence-corrected chi connectivity index (χ0v) is 13.6. The minimum absolute atomic E-state index is 0.607. The molecule has 0 aromatic heterocycles. The highest BCUT2D eigenvalue weighted by Gasteiger charge is 2.23. The van der Waals surface area contributed by atoms with Crippen LogP contribution in [0.25, 0.3) is 0 Å². The number of halogens is 1. The summed E-state index contributed by atoms with van der Waals surface area (Å²) in [4.78, 5) is 2.66. The molecule has 2 atom stereocenters. The number of nitrogens with one attached hydrogen (secondary N) is 1. The molecule has 2 unspecified atom stereocenters. The summed E-state index contributed by atoms with van der Waals surface area (Å²) in [5.41, 5.74) is 1.43. The predicted molar refractivity (Wildman–Crippen MR) is 85.6 cm³/mol. The van der Waals surface area contributed by atoms with Crippen LogP contribution in [-0.2, 0) is 6.42 Å². The van der Waals surface area contributed by atoms with E-state index in [1.54, 1.807) is 0 Å². The summed E-state index contributed by atoms with van der Waals surface area (Å²) in [7, 11) is 0. The lowest BCUT2D eigenvalue weighted by molar-refractivity contribution is 0.127. The molecule has 106 valence electrons. The molecule has 0 radical (unpaired) electrons. The van der Waals surface area contributed by atoms with Crippen molar-refractivity contribution in [2.75, 3.05) is 19.6 Å². The van der Waals surface area contributed by atoms with Crippen LogP contribution in [-0.4, -0.2) is 36.6 Å². The van der Waals surface area contributed by atoms with E-state index < -0.39 is 0 Å². The van der Waals surface area contributed by atoms with Crippen LogP contribution < -0.4 is 5.32 Å². The fraction of sp³-hybridized carbons (Fsp3) is 0.625. The third-order valence-electron chi connectivity index (χ3n) is 4.12. The van der Waals surface area contributed by atoms with Crippen LogP contribution >= 0.6 is 15.9 Å². The van der Waals surface area contributed by atoms with E-state index in [1.165, 1.54) is 24.9 Å². The molecule has 1 aliphatic heterocycles. The van der Waals surface area contributed by atoms with Crippen LogP contribution in [0.15, 0.2) is 28.7 Å². The third-order valence-corrected chi connectivity index (χ3v) is 4.64. The highest BCUT2D eigenvalue weighted by atomic mass is 79.9. The van der Waals surface area contributed by atoms with Gasteiger partial charge >= 0.3 is 0 Å². The van der Waals surface area contributed by atoms with Gasteiger partial charge in [0.25, 0.3) is 0 Å². The maximum atomic E-state index is 3.53. The Balaban J connectivity index is 1.95. The van der Waals surface area contributed by atoms with Gasteiger partial charge in [-0.25, -0.2) is 0 Å². The first kappa shape index (κ1) is 15.0. The number of likely N-dealkylation sites (N-methyl/N-ethyl adjacent to an activating group) is 1. The van der Waals surface area contributed by atoms with Gasteiger partial charge in [-0.15, -0.1) is 0 Å². The maximum Gasteiger partial charge on any atom is 0.0223 e. The fourth-order valence-electron chi connectivity index (χ4n) is 3.13. The Morgan fingerprint density at radius 2 is 2.11 bits per heavy atom. The molecule has 2 rings (SSSR count). The standard InChI is InChI=1S/C16H25BrN2/c1-3-19(16-5-4-10-18-12-16)13(2)11-14-6-8-15(17)9-7-14/h6-9,13,16,18H,3-5,10-12H2,1-2H3. The number of rotatable bonds is 5. The van der Waals surface area contributed by atoms with Gasteiger partial charge in [-0.1, -0.05) is 35.0 Å². The summed E-state index contributed by atoms with van der Waals surface area (Å²) in [6.45, 7) is 8.13. The van der Waals surface area contributed by atoms with Gasteiger partial charge in [0, 0.05) is 23.1 Å². The zero-order valence-electron chi connectivity index (χ0n) is 12.0. The van der Waals surface area contributed by atoms with Gasteiger partial charge in [0.2, 0.25) is 0 Å². The molecule has 0 aliphatic carbocycles. The lowest BCUT2D eigenvalue weighted by Crippen LogP contribution is -2.50. The van der Waals surface area contributed by atoms with Crippen molar-refractivity contribution in [2.24, 2.45) is 0 Å². The molecule has 19 heavy (non-hydrogen) atoms. The lowest BCUT2D eigenvalue weighted by Gasteiger charge is -2.38. The molecule has 1 fully saturated rings. The number of hydrogen-bond donors (Lipinski definition) is 1. The van der Waals surface area contributed by atoms with Crippen LogP contribution in [0.3, 0.4) is 0 Å². The minimum atomic E-state index is 0.607. The molecule has 0 saturated carbocycles. The molecule has 1 N–H and O–H groups in total. The molecule has 0 amide bonds. The van der Waals surface area contributed by atoms with E-state index in [1.807, 2.05) is 0 Å². The van der Waals surface area contributed by atoms with Crippen molar-refractivity contribution in [2.45, 2.75) is 45.2 Å². The summed E-state index contributed by atoms with van der Waals surface area (Å²) in [6.07, 6.45) is 3.79. The van der Waals surface area contributed by atoms with Gasteiger partial charge in [-0.3, -0.25) is 4.90 Å². The topological polar surface area (TPSA) is 15.3 Å². The van der Waals surface area contributed by atoms with E-state index in [-0.39, 0.29) is 0 Å². The fourth-order valence-corrected chi connectivity index (χ4v) is 3.39. The van der Waals surface area contributed by atoms with Crippen LogP contribution in [0.2, 0.25) is 0 Å². The van der Waals surface area contributed by atoms with Crippen molar-refractivity contribution >= 4 is 15.9 Å². The van der Waals surface area contributed by atoms with E-state index in [0.29, 0.717) is 12.1 Å². The lowest BCUT2D eigenvalue weighted by atomic mass is 10.0. The third kappa shape index (κ3) is 4.30. The monoisotopic (exact) mass is 324 g/mol. The number of piperidine rings is 1. The molecule has 1 heterocycles. The number of hydrogen-bond acceptors (Lipinski definition) is 2. The molecule has 1 aromatic rings. The first-order chi connectivity index (χ1) is 9.20. The van der Waals surface area contributed by atoms with Crippen LogP contribution in [0.1, 0.15) is 32.3 Å². The first-order valence-electron chi connectivity index (χ1n) is 7.41. The summed E-state index contributed by atoms with van der Waals surface area (Å²) >= 11 is 3.50. The summed E-state index contributed by atoms with van der Waals surface area (Å²) in [6, 6.07) is 10.1. The van der Waals surface area contributed by atoms with Crippen molar-refractivity contribution in [1.82, 2.24) is 10.2 Å². The van der Waals surface area contributed by atoms with Gasteiger partial charge in [-0.05, 0) is 57.0 Å². The SMILES string of the molecule is CCN(C(C)Cc1ccc(Br)cc1)C1CCCNC1. The Kier molecular flexibility index (Phi) is 5.86. The minimum Gasteiger partial charge on any atom is -0.315 e. The van der Waals surface area contributed by atoms with E-state index >= 15 is 0 Å². The zero-order chi connectivity index (χ0) is 13.7. The second-order valence-corrected chi connectivity index (χ2v) is 6.43. The quantitative estimate of drug-likeness (QED) is 0.892. The smallest absolute Gasteiger partial charge is 0.0223 e. The van der Waals surface area contributed by atoms with Crippen molar-refractivity contribution < 1.29 is 0 Å². The molecule has 1 saturated heterocycles. The summed E-state index contributed by atoms with van der Waals surface area (Å²) in [5, 5.41) is 3.53. The van der Waals surface area contributed by atoms with Gasteiger partial charge in [-0.2, -0.15) is 0 Å². The van der Waals surface area contributed by atoms with Crippen LogP contribution in [0, 0.1) is 0 Å². The summed E-state index contributed by atoms with van der Waals surface area (Å²) in [5.74, 6) is 0. The predicted octanol–water partition coefficient (Wildman–Crippen LogP) is 3.45. The second kappa shape index (κ2) is 7.41. The van der Waals surface area contributed by atoms with Gasteiger partial charge in [0.15, 0.2) is 0 Å². The van der Waals surface area contributed by atoms with E-state index in [0.717, 1.165) is 24.0 Å². The average molecular weight is 325 g/mol. The molecular formula is C16H25BrN2. The molecule has 2 nitrogen and oxygen atoms in total. The number of benzene rings is 1. The average Bonchev–Trinajstić information content (AvgIpc) is 2.43. The second-order valence-electron chi connectivity index (χ2n) is 5.51. The van der Waals surface area contributed by atoms with Crippen LogP contribution in [0.4, 0.5) is 0 Å². The highest BCUT2D eigenvalue weighted by Crippen LogP contribution is 2.18. The molecular weight excluding hydrogens is 300 g/mol. The van der Waals surface area contributed by atoms with E-state index in [2.05, 4.69) is 64.3 Å². The van der Waals surface area contributed by atoms with Gasteiger partial charge in [0.1, 0.15) is 0 Å². The largest absolute Gasteiger partial charge is 0.315 e. The Hall–Kier alpha value is -0.380. The molecule has 0 bridgehead atoms. The Morgan fingerprint density at radius 1 is 1.37 bits per heavy atom. The maximum absolute atomic E-state index is 3.53. The van der Waals surface area contributed by atoms with E-state index in [9.17, 15) is 0 Å². The van der Waals surface area contributed by atoms with Crippen molar-refractivity contribution in [1.29, 1.82) is 0 Å². The Morgan fingerprint density at radius 3 is 2.68 bits per heavy atom. The molecule has 1 aromatic carbocycles. The molecule has 0 spiro atoms. The Labute approximate surface area is 125 Å². The van der Waals surface area contributed by atoms with Crippen LogP contribution in [0.5, 0.6) is 0 Å². The summed E-state index contributed by atoms with van der Waals surface area (Å²) < 4.78 is 1.16. The normalized spacial score (nSPS) is 21.6. The van der Waals surface area contributed by atoms with Crippen molar-refractivity contribution in [3.8, 4) is 0 Å². The van der Waals surface area contributed by atoms with Crippen molar-refractivity contribution in [3.63, 3.8) is 0 Å². The first-order valence-corrected chi connectivity index (χ1v) is 8.21. The highest BCUT2D eigenvalue weighted by molar-refractivity contribution is 9.10. The molecule has 3 heteroatoms. The Bertz CT molecular complexity index is 371. The van der Waals surface area contributed by atoms with E-state index in [4.69, 9.17) is 0 Å². The molecule has 1 aliphatic rings. The number of nitrogens with zero attached hydrogens (tertiary/aromatic N) is 1. The van der Waals surface area contributed by atoms with Gasteiger partial charge in [0.05, 0.1) is 0 Å². The van der Waals surface area contributed by atoms with Crippen molar-refractivity contribution in [3.05, 3.63) is 34.3 Å².